The Bertz CT molecular complexity index is 1540. The van der Waals surface area contributed by atoms with Crippen molar-refractivity contribution >= 4 is 28.7 Å². The number of thioether (sulfide) groups is 1. The number of halogens is 2. The first-order valence-corrected chi connectivity index (χ1v) is 13.4. The second-order valence-corrected chi connectivity index (χ2v) is 10.5. The molecule has 0 saturated heterocycles. The summed E-state index contributed by atoms with van der Waals surface area (Å²) in [6.07, 6.45) is 4.12. The van der Waals surface area contributed by atoms with Gasteiger partial charge in [-0.25, -0.2) is 43.7 Å². The lowest BCUT2D eigenvalue weighted by Gasteiger charge is -2.19. The van der Waals surface area contributed by atoms with Crippen molar-refractivity contribution < 1.29 is 8.78 Å². The topological polar surface area (TPSA) is 124 Å². The van der Waals surface area contributed by atoms with Crippen LogP contribution in [0.3, 0.4) is 0 Å². The molecule has 1 atom stereocenters. The van der Waals surface area contributed by atoms with Crippen molar-refractivity contribution in [3.8, 4) is 11.4 Å². The van der Waals surface area contributed by atoms with E-state index >= 15 is 0 Å². The van der Waals surface area contributed by atoms with E-state index in [1.807, 2.05) is 13.8 Å². The molecule has 0 spiro atoms. The Morgan fingerprint density at radius 2 is 1.82 bits per heavy atom. The highest BCUT2D eigenvalue weighted by Gasteiger charge is 2.31. The van der Waals surface area contributed by atoms with E-state index in [0.29, 0.717) is 28.6 Å². The molecule has 0 aromatic carbocycles. The second-order valence-electron chi connectivity index (χ2n) is 9.13. The van der Waals surface area contributed by atoms with Gasteiger partial charge in [-0.3, -0.25) is 9.36 Å². The summed E-state index contributed by atoms with van der Waals surface area (Å²) < 4.78 is 29.0. The van der Waals surface area contributed by atoms with Crippen LogP contribution in [0.4, 0.5) is 14.6 Å². The van der Waals surface area contributed by atoms with Crippen molar-refractivity contribution in [1.29, 1.82) is 0 Å². The molecule has 1 saturated carbocycles. The number of fused-ring (bicyclic) bond motifs is 1. The van der Waals surface area contributed by atoms with Gasteiger partial charge in [0.25, 0.3) is 12.0 Å². The van der Waals surface area contributed by atoms with Gasteiger partial charge < -0.3 is 5.32 Å². The fourth-order valence-corrected chi connectivity index (χ4v) is 4.80. The van der Waals surface area contributed by atoms with Crippen LogP contribution in [0.15, 0.2) is 28.4 Å². The Kier molecular flexibility index (Phi) is 7.28. The second kappa shape index (κ2) is 10.6. The zero-order chi connectivity index (χ0) is 27.0. The van der Waals surface area contributed by atoms with Gasteiger partial charge in [0.15, 0.2) is 17.3 Å². The van der Waals surface area contributed by atoms with Gasteiger partial charge in [-0.2, -0.15) is 0 Å². The molecular weight excluding hydrogens is 512 g/mol. The maximum absolute atomic E-state index is 14.0. The Morgan fingerprint density at radius 1 is 1.08 bits per heavy atom. The summed E-state index contributed by atoms with van der Waals surface area (Å²) in [5.41, 5.74) is 2.22. The summed E-state index contributed by atoms with van der Waals surface area (Å²) in [4.78, 5) is 45.5. The highest BCUT2D eigenvalue weighted by Crippen LogP contribution is 2.43. The van der Waals surface area contributed by atoms with Crippen molar-refractivity contribution in [2.75, 3.05) is 11.1 Å². The molecular formula is C25H27F2N9OS. The summed E-state index contributed by atoms with van der Waals surface area (Å²) in [5.74, 6) is 1.82. The van der Waals surface area contributed by atoms with Crippen molar-refractivity contribution in [3.63, 3.8) is 0 Å². The van der Waals surface area contributed by atoms with Gasteiger partial charge in [-0.1, -0.05) is 6.92 Å². The zero-order valence-electron chi connectivity index (χ0n) is 21.4. The van der Waals surface area contributed by atoms with Crippen molar-refractivity contribution in [2.45, 2.75) is 70.4 Å². The van der Waals surface area contributed by atoms with Crippen LogP contribution < -0.4 is 10.9 Å². The van der Waals surface area contributed by atoms with Gasteiger partial charge in [0.05, 0.1) is 35.2 Å². The number of rotatable bonds is 9. The highest BCUT2D eigenvalue weighted by molar-refractivity contribution is 7.99. The first kappa shape index (κ1) is 26.0. The fourth-order valence-electron chi connectivity index (χ4n) is 4.21. The third-order valence-electron chi connectivity index (χ3n) is 6.35. The van der Waals surface area contributed by atoms with Crippen LogP contribution >= 0.6 is 11.8 Å². The largest absolute Gasteiger partial charge is 0.358 e. The van der Waals surface area contributed by atoms with Crippen molar-refractivity contribution in [1.82, 2.24) is 39.5 Å². The molecule has 1 aliphatic carbocycles. The van der Waals surface area contributed by atoms with Gasteiger partial charge in [0.2, 0.25) is 0 Å². The van der Waals surface area contributed by atoms with E-state index in [-0.39, 0.29) is 29.4 Å². The van der Waals surface area contributed by atoms with Crippen molar-refractivity contribution in [3.05, 3.63) is 52.0 Å². The molecule has 4 aromatic rings. The molecule has 1 N–H and O–H groups in total. The Morgan fingerprint density at radius 3 is 2.47 bits per heavy atom. The summed E-state index contributed by atoms with van der Waals surface area (Å²) in [6, 6.07) is -1.45. The standard InChI is InChI=1S/C25H27F2N9OS/c1-5-38-16-8-28-17(29-9-16)10-30-23-25(37)36(14(4)21(26)27)24-19(34-23)13(3)33-22(35-24)18-12(2)31-11-32-20(18)15-6-7-15/h8-9,11,14-15,21H,5-7,10H2,1-4H3,(H,30,34). The van der Waals surface area contributed by atoms with Crippen LogP contribution in [0.5, 0.6) is 0 Å². The number of anilines is 1. The number of nitrogens with one attached hydrogen (secondary N) is 1. The first-order valence-electron chi connectivity index (χ1n) is 12.4. The minimum absolute atomic E-state index is 0.0399. The molecule has 0 amide bonds. The Hall–Kier alpha value is -3.61. The lowest BCUT2D eigenvalue weighted by molar-refractivity contribution is 0.0916. The number of hydrogen-bond donors (Lipinski definition) is 1. The van der Waals surface area contributed by atoms with Crippen LogP contribution in [0.2, 0.25) is 0 Å². The molecule has 1 aliphatic rings. The molecule has 0 bridgehead atoms. The summed E-state index contributed by atoms with van der Waals surface area (Å²) >= 11 is 1.61. The zero-order valence-corrected chi connectivity index (χ0v) is 22.3. The molecule has 38 heavy (non-hydrogen) atoms. The van der Waals surface area contributed by atoms with Gasteiger partial charge >= 0.3 is 0 Å². The molecule has 5 rings (SSSR count). The summed E-state index contributed by atoms with van der Waals surface area (Å²) in [5, 5.41) is 2.93. The number of aromatic nitrogens is 8. The van der Waals surface area contributed by atoms with E-state index in [1.54, 1.807) is 31.1 Å². The average Bonchev–Trinajstić information content (AvgIpc) is 3.74. The van der Waals surface area contributed by atoms with Gasteiger partial charge in [0.1, 0.15) is 17.7 Å². The van der Waals surface area contributed by atoms with Crippen molar-refractivity contribution in [2.24, 2.45) is 0 Å². The predicted octanol–water partition coefficient (Wildman–Crippen LogP) is 4.48. The summed E-state index contributed by atoms with van der Waals surface area (Å²) in [7, 11) is 0. The predicted molar refractivity (Wildman–Crippen MR) is 141 cm³/mol. The third-order valence-corrected chi connectivity index (χ3v) is 7.18. The van der Waals surface area contributed by atoms with E-state index in [0.717, 1.165) is 33.8 Å². The first-order chi connectivity index (χ1) is 18.3. The van der Waals surface area contributed by atoms with Crippen LogP contribution in [0.25, 0.3) is 22.6 Å². The minimum atomic E-state index is -2.80. The van der Waals surface area contributed by atoms with Gasteiger partial charge in [0, 0.05) is 23.2 Å². The fraction of sp³-hybridized carbons (Fsp3) is 0.440. The molecule has 198 valence electrons. The average molecular weight is 540 g/mol. The van der Waals surface area contributed by atoms with Gasteiger partial charge in [-0.15, -0.1) is 11.8 Å². The van der Waals surface area contributed by atoms with Crippen LogP contribution in [-0.2, 0) is 6.54 Å². The van der Waals surface area contributed by atoms with Crippen LogP contribution in [0.1, 0.15) is 61.6 Å². The quantitative estimate of drug-likeness (QED) is 0.305. The molecule has 1 unspecified atom stereocenters. The number of alkyl halides is 2. The Balaban J connectivity index is 1.61. The van der Waals surface area contributed by atoms with Crippen LogP contribution in [0, 0.1) is 13.8 Å². The van der Waals surface area contributed by atoms with E-state index in [9.17, 15) is 13.6 Å². The van der Waals surface area contributed by atoms with E-state index < -0.39 is 18.0 Å². The smallest absolute Gasteiger partial charge is 0.295 e. The maximum atomic E-state index is 14.0. The molecule has 4 heterocycles. The molecule has 13 heteroatoms. The Labute approximate surface area is 221 Å². The van der Waals surface area contributed by atoms with Gasteiger partial charge in [-0.05, 0) is 39.4 Å². The maximum Gasteiger partial charge on any atom is 0.295 e. The third kappa shape index (κ3) is 5.06. The monoisotopic (exact) mass is 539 g/mol. The van der Waals surface area contributed by atoms with E-state index in [4.69, 9.17) is 0 Å². The number of nitrogens with zero attached hydrogens (tertiary/aromatic N) is 8. The van der Waals surface area contributed by atoms with E-state index in [2.05, 4.69) is 40.2 Å². The number of aryl methyl sites for hydroxylation is 2. The lowest BCUT2D eigenvalue weighted by atomic mass is 10.1. The molecule has 0 radical (unpaired) electrons. The SMILES string of the molecule is CCSc1cnc(CNc2nc3c(C)nc(-c4c(C)ncnc4C4CC4)nc3n(C(C)C(F)F)c2=O)nc1. The van der Waals surface area contributed by atoms with Crippen LogP contribution in [-0.4, -0.2) is 51.6 Å². The van der Waals surface area contributed by atoms with E-state index in [1.165, 1.54) is 13.3 Å². The molecule has 1 fully saturated rings. The lowest BCUT2D eigenvalue weighted by Crippen LogP contribution is -2.31. The summed E-state index contributed by atoms with van der Waals surface area (Å²) in [6.45, 7) is 6.96. The number of hydrogen-bond acceptors (Lipinski definition) is 10. The molecule has 0 aliphatic heterocycles. The highest BCUT2D eigenvalue weighted by atomic mass is 32.2. The molecule has 10 nitrogen and oxygen atoms in total. The molecule has 4 aromatic heterocycles. The normalized spacial score (nSPS) is 14.3. The minimum Gasteiger partial charge on any atom is -0.358 e.